The fourth-order valence-electron chi connectivity index (χ4n) is 2.31. The summed E-state index contributed by atoms with van der Waals surface area (Å²) in [5.41, 5.74) is 1.02. The standard InChI is InChI=1S/C18H14ClNO5/c19-14-5-1-12(2-6-14)17(22)13-3-7-15(8-4-13)25-11-16(21)20-9-10-24-18(20)23/h1-8H,9-11H2. The van der Waals surface area contributed by atoms with Crippen LogP contribution in [0.1, 0.15) is 15.9 Å². The Morgan fingerprint density at radius 2 is 1.64 bits per heavy atom. The Balaban J connectivity index is 1.60. The number of rotatable bonds is 5. The number of imide groups is 1. The third-order valence-electron chi connectivity index (χ3n) is 3.65. The minimum atomic E-state index is -0.655. The molecule has 1 aliphatic rings. The monoisotopic (exact) mass is 359 g/mol. The van der Waals surface area contributed by atoms with E-state index in [0.29, 0.717) is 21.9 Å². The molecule has 0 aromatic heterocycles. The first kappa shape index (κ1) is 17.0. The van der Waals surface area contributed by atoms with Crippen LogP contribution < -0.4 is 4.74 Å². The Kier molecular flexibility index (Phi) is 5.00. The Bertz CT molecular complexity index is 801. The lowest BCUT2D eigenvalue weighted by atomic mass is 10.0. The van der Waals surface area contributed by atoms with Gasteiger partial charge in [0.15, 0.2) is 12.4 Å². The summed E-state index contributed by atoms with van der Waals surface area (Å²) in [4.78, 5) is 36.5. The molecule has 2 aromatic rings. The number of cyclic esters (lactones) is 1. The van der Waals surface area contributed by atoms with Crippen LogP contribution in [0.15, 0.2) is 48.5 Å². The van der Waals surface area contributed by atoms with Gasteiger partial charge in [-0.1, -0.05) is 11.6 Å². The van der Waals surface area contributed by atoms with E-state index in [2.05, 4.69) is 0 Å². The maximum Gasteiger partial charge on any atom is 0.416 e. The van der Waals surface area contributed by atoms with Crippen LogP contribution >= 0.6 is 11.6 Å². The maximum atomic E-state index is 12.3. The summed E-state index contributed by atoms with van der Waals surface area (Å²) in [5, 5.41) is 0.562. The Morgan fingerprint density at radius 3 is 2.20 bits per heavy atom. The number of carbonyl (C=O) groups is 3. The van der Waals surface area contributed by atoms with Crippen molar-refractivity contribution in [1.29, 1.82) is 0 Å². The van der Waals surface area contributed by atoms with Gasteiger partial charge in [-0.3, -0.25) is 9.59 Å². The molecular weight excluding hydrogens is 346 g/mol. The molecule has 0 N–H and O–H groups in total. The van der Waals surface area contributed by atoms with Gasteiger partial charge in [0.2, 0.25) is 0 Å². The summed E-state index contributed by atoms with van der Waals surface area (Å²) in [5.74, 6) is -0.184. The lowest BCUT2D eigenvalue weighted by Gasteiger charge is -2.11. The highest BCUT2D eigenvalue weighted by Gasteiger charge is 2.28. The lowest BCUT2D eigenvalue weighted by Crippen LogP contribution is -2.35. The van der Waals surface area contributed by atoms with E-state index in [0.717, 1.165) is 4.90 Å². The predicted octanol–water partition coefficient (Wildman–Crippen LogP) is 2.93. The number of hydrogen-bond acceptors (Lipinski definition) is 5. The van der Waals surface area contributed by atoms with Gasteiger partial charge in [0, 0.05) is 16.1 Å². The molecule has 3 rings (SSSR count). The molecule has 0 unspecified atom stereocenters. The zero-order valence-electron chi connectivity index (χ0n) is 13.1. The summed E-state index contributed by atoms with van der Waals surface area (Å²) in [6, 6.07) is 13.0. The fraction of sp³-hybridized carbons (Fsp3) is 0.167. The molecule has 2 amide bonds. The topological polar surface area (TPSA) is 72.9 Å². The molecule has 128 valence electrons. The molecule has 0 saturated carbocycles. The number of benzene rings is 2. The van der Waals surface area contributed by atoms with Gasteiger partial charge >= 0.3 is 6.09 Å². The molecule has 6 nitrogen and oxygen atoms in total. The first-order chi connectivity index (χ1) is 12.0. The van der Waals surface area contributed by atoms with Gasteiger partial charge in [-0.05, 0) is 48.5 Å². The smallest absolute Gasteiger partial charge is 0.416 e. The third-order valence-corrected chi connectivity index (χ3v) is 3.90. The van der Waals surface area contributed by atoms with Crippen LogP contribution in [0.5, 0.6) is 5.75 Å². The van der Waals surface area contributed by atoms with Crippen molar-refractivity contribution in [2.75, 3.05) is 19.8 Å². The van der Waals surface area contributed by atoms with E-state index in [1.54, 1.807) is 48.5 Å². The first-order valence-corrected chi connectivity index (χ1v) is 7.92. The van der Waals surface area contributed by atoms with Crippen LogP contribution in [0, 0.1) is 0 Å². The highest BCUT2D eigenvalue weighted by atomic mass is 35.5. The van der Waals surface area contributed by atoms with Gasteiger partial charge in [-0.15, -0.1) is 0 Å². The van der Waals surface area contributed by atoms with Gasteiger partial charge < -0.3 is 9.47 Å². The second kappa shape index (κ2) is 7.36. The van der Waals surface area contributed by atoms with Gasteiger partial charge in [-0.25, -0.2) is 9.69 Å². The largest absolute Gasteiger partial charge is 0.484 e. The van der Waals surface area contributed by atoms with E-state index in [1.807, 2.05) is 0 Å². The Labute approximate surface area is 148 Å². The number of ether oxygens (including phenoxy) is 2. The molecule has 7 heteroatoms. The Hall–Kier alpha value is -2.86. The van der Waals surface area contributed by atoms with Crippen LogP contribution in [0.2, 0.25) is 5.02 Å². The highest BCUT2D eigenvalue weighted by Crippen LogP contribution is 2.17. The van der Waals surface area contributed by atoms with Crippen LogP contribution in [0.25, 0.3) is 0 Å². The molecule has 25 heavy (non-hydrogen) atoms. The van der Waals surface area contributed by atoms with E-state index in [9.17, 15) is 14.4 Å². The van der Waals surface area contributed by atoms with Crippen molar-refractivity contribution in [3.63, 3.8) is 0 Å². The van der Waals surface area contributed by atoms with Crippen LogP contribution in [0.4, 0.5) is 4.79 Å². The number of hydrogen-bond donors (Lipinski definition) is 0. The molecule has 0 spiro atoms. The molecule has 0 bridgehead atoms. The molecule has 1 heterocycles. The van der Waals surface area contributed by atoms with Crippen molar-refractivity contribution in [1.82, 2.24) is 4.90 Å². The van der Waals surface area contributed by atoms with Crippen LogP contribution in [-0.4, -0.2) is 42.4 Å². The predicted molar refractivity (Wildman–Crippen MR) is 89.9 cm³/mol. The van der Waals surface area contributed by atoms with Crippen molar-refractivity contribution in [2.24, 2.45) is 0 Å². The van der Waals surface area contributed by atoms with Crippen LogP contribution in [0.3, 0.4) is 0 Å². The Morgan fingerprint density at radius 1 is 1.04 bits per heavy atom. The SMILES string of the molecule is O=C(c1ccc(Cl)cc1)c1ccc(OCC(=O)N2CCOC2=O)cc1. The summed E-state index contributed by atoms with van der Waals surface area (Å²) in [7, 11) is 0. The minimum absolute atomic E-state index is 0.140. The van der Waals surface area contributed by atoms with Crippen LogP contribution in [-0.2, 0) is 9.53 Å². The highest BCUT2D eigenvalue weighted by molar-refractivity contribution is 6.30. The molecule has 0 radical (unpaired) electrons. The van der Waals surface area contributed by atoms with Gasteiger partial charge in [-0.2, -0.15) is 0 Å². The second-order valence-corrected chi connectivity index (χ2v) is 5.75. The van der Waals surface area contributed by atoms with Crippen molar-refractivity contribution >= 4 is 29.4 Å². The lowest BCUT2D eigenvalue weighted by molar-refractivity contribution is -0.129. The van der Waals surface area contributed by atoms with E-state index in [1.165, 1.54) is 0 Å². The average Bonchev–Trinajstić information content (AvgIpc) is 3.06. The summed E-state index contributed by atoms with van der Waals surface area (Å²) in [6.07, 6.45) is -0.655. The minimum Gasteiger partial charge on any atom is -0.484 e. The fourth-order valence-corrected chi connectivity index (χ4v) is 2.44. The molecule has 1 saturated heterocycles. The van der Waals surface area contributed by atoms with Crippen molar-refractivity contribution < 1.29 is 23.9 Å². The van der Waals surface area contributed by atoms with Gasteiger partial charge in [0.1, 0.15) is 12.4 Å². The van der Waals surface area contributed by atoms with E-state index < -0.39 is 12.0 Å². The van der Waals surface area contributed by atoms with E-state index in [4.69, 9.17) is 21.1 Å². The molecule has 1 fully saturated rings. The zero-order valence-corrected chi connectivity index (χ0v) is 13.9. The third kappa shape index (κ3) is 3.97. The summed E-state index contributed by atoms with van der Waals surface area (Å²) in [6.45, 7) is 0.154. The molecule has 0 atom stereocenters. The van der Waals surface area contributed by atoms with Crippen molar-refractivity contribution in [3.05, 3.63) is 64.7 Å². The molecule has 1 aliphatic heterocycles. The van der Waals surface area contributed by atoms with Crippen molar-refractivity contribution in [3.8, 4) is 5.75 Å². The quantitative estimate of drug-likeness (QED) is 0.767. The molecular formula is C18H14ClNO5. The zero-order chi connectivity index (χ0) is 17.8. The molecule has 2 aromatic carbocycles. The number of nitrogens with zero attached hydrogens (tertiary/aromatic N) is 1. The van der Waals surface area contributed by atoms with E-state index in [-0.39, 0.29) is 25.5 Å². The normalized spacial score (nSPS) is 13.5. The molecule has 0 aliphatic carbocycles. The number of halogens is 1. The average molecular weight is 360 g/mol. The van der Waals surface area contributed by atoms with Crippen molar-refractivity contribution in [2.45, 2.75) is 0 Å². The van der Waals surface area contributed by atoms with E-state index >= 15 is 0 Å². The number of amides is 2. The van der Waals surface area contributed by atoms with Gasteiger partial charge in [0.05, 0.1) is 6.54 Å². The number of ketones is 1. The summed E-state index contributed by atoms with van der Waals surface area (Å²) < 4.78 is 10.1. The number of carbonyl (C=O) groups excluding carboxylic acids is 3. The maximum absolute atomic E-state index is 12.3. The first-order valence-electron chi connectivity index (χ1n) is 7.55. The second-order valence-electron chi connectivity index (χ2n) is 5.31. The summed E-state index contributed by atoms with van der Waals surface area (Å²) >= 11 is 5.81. The van der Waals surface area contributed by atoms with Gasteiger partial charge in [0.25, 0.3) is 5.91 Å².